The van der Waals surface area contributed by atoms with Gasteiger partial charge < -0.3 is 10.6 Å². The lowest BCUT2D eigenvalue weighted by molar-refractivity contribution is -0.123. The molecule has 0 aliphatic carbocycles. The van der Waals surface area contributed by atoms with Crippen LogP contribution in [-0.4, -0.2) is 34.3 Å². The summed E-state index contributed by atoms with van der Waals surface area (Å²) < 4.78 is 1.69. The highest BCUT2D eigenvalue weighted by molar-refractivity contribution is 7.09. The second-order valence-electron chi connectivity index (χ2n) is 4.80. The minimum Gasteiger partial charge on any atom is -0.354 e. The first-order chi connectivity index (χ1) is 10.1. The number of aromatic nitrogens is 3. The summed E-state index contributed by atoms with van der Waals surface area (Å²) in [6.07, 6.45) is 5.26. The zero-order valence-electron chi connectivity index (χ0n) is 12.6. The second-order valence-corrected chi connectivity index (χ2v) is 5.74. The predicted molar refractivity (Wildman–Crippen MR) is 83.2 cm³/mol. The van der Waals surface area contributed by atoms with E-state index in [9.17, 15) is 4.79 Å². The summed E-state index contributed by atoms with van der Waals surface area (Å²) in [5, 5.41) is 13.2. The van der Waals surface area contributed by atoms with Crippen LogP contribution < -0.4 is 10.6 Å². The largest absolute Gasteiger partial charge is 0.354 e. The van der Waals surface area contributed by atoms with Gasteiger partial charge in [0.15, 0.2) is 0 Å². The number of carbonyl (C=O) groups is 1. The van der Waals surface area contributed by atoms with E-state index in [2.05, 4.69) is 33.0 Å². The first-order valence-corrected chi connectivity index (χ1v) is 7.88. The molecule has 0 aromatic carbocycles. The summed E-state index contributed by atoms with van der Waals surface area (Å²) in [4.78, 5) is 16.7. The molecule has 0 saturated carbocycles. The van der Waals surface area contributed by atoms with E-state index in [4.69, 9.17) is 0 Å². The average molecular weight is 307 g/mol. The molecule has 0 bridgehead atoms. The Morgan fingerprint density at radius 3 is 2.90 bits per heavy atom. The zero-order chi connectivity index (χ0) is 15.2. The Bertz CT molecular complexity index is 592. The molecule has 1 atom stereocenters. The van der Waals surface area contributed by atoms with Crippen LogP contribution in [0.2, 0.25) is 0 Å². The summed E-state index contributed by atoms with van der Waals surface area (Å²) in [5.74, 6) is -0.0450. The number of nitrogens with zero attached hydrogens (tertiary/aromatic N) is 3. The highest BCUT2D eigenvalue weighted by Gasteiger charge is 2.19. The van der Waals surface area contributed by atoms with Crippen molar-refractivity contribution in [3.8, 4) is 0 Å². The predicted octanol–water partition coefficient (Wildman–Crippen LogP) is 1.06. The molecule has 2 aromatic heterocycles. The van der Waals surface area contributed by atoms with Crippen molar-refractivity contribution in [3.63, 3.8) is 0 Å². The fourth-order valence-corrected chi connectivity index (χ4v) is 2.86. The molecule has 2 heterocycles. The summed E-state index contributed by atoms with van der Waals surface area (Å²) in [6, 6.07) is -0.375. The Kier molecular flexibility index (Phi) is 5.46. The average Bonchev–Trinajstić information content (AvgIpc) is 3.09. The molecule has 7 heteroatoms. The van der Waals surface area contributed by atoms with Crippen LogP contribution in [0.5, 0.6) is 0 Å². The lowest BCUT2D eigenvalue weighted by Crippen LogP contribution is -2.36. The van der Waals surface area contributed by atoms with Crippen molar-refractivity contribution in [2.75, 3.05) is 13.6 Å². The first kappa shape index (κ1) is 15.7. The number of hydrogen-bond donors (Lipinski definition) is 2. The van der Waals surface area contributed by atoms with E-state index in [1.165, 1.54) is 0 Å². The molecule has 2 N–H and O–H groups in total. The van der Waals surface area contributed by atoms with Gasteiger partial charge >= 0.3 is 0 Å². The molecular formula is C14H21N5OS. The number of amides is 1. The van der Waals surface area contributed by atoms with Crippen LogP contribution in [0.25, 0.3) is 0 Å². The molecule has 21 heavy (non-hydrogen) atoms. The van der Waals surface area contributed by atoms with Gasteiger partial charge in [0, 0.05) is 37.2 Å². The Hall–Kier alpha value is -1.73. The lowest BCUT2D eigenvalue weighted by Gasteiger charge is -2.14. The third-order valence-corrected chi connectivity index (χ3v) is 4.23. The fourth-order valence-electron chi connectivity index (χ4n) is 2.08. The van der Waals surface area contributed by atoms with Crippen LogP contribution >= 0.6 is 11.3 Å². The van der Waals surface area contributed by atoms with E-state index in [0.717, 1.165) is 29.1 Å². The van der Waals surface area contributed by atoms with Crippen molar-refractivity contribution in [2.45, 2.75) is 25.8 Å². The minimum atomic E-state index is -0.375. The molecule has 0 fully saturated rings. The maximum atomic E-state index is 12.2. The number of rotatable bonds is 7. The third kappa shape index (κ3) is 4.12. The molecule has 0 radical (unpaired) electrons. The van der Waals surface area contributed by atoms with Gasteiger partial charge in [0.05, 0.1) is 16.9 Å². The van der Waals surface area contributed by atoms with Gasteiger partial charge in [0.2, 0.25) is 5.91 Å². The van der Waals surface area contributed by atoms with Crippen molar-refractivity contribution in [1.82, 2.24) is 25.4 Å². The molecule has 0 aliphatic heterocycles. The Morgan fingerprint density at radius 1 is 1.52 bits per heavy atom. The van der Waals surface area contributed by atoms with Gasteiger partial charge in [-0.15, -0.1) is 11.3 Å². The van der Waals surface area contributed by atoms with Crippen LogP contribution in [0, 0.1) is 0 Å². The molecule has 0 spiro atoms. The number of carbonyl (C=O) groups excluding carboxylic acids is 1. The SMILES string of the molecule is CCc1nc(CCNC(=O)C(NC)c2cnn(C)c2)cs1. The molecule has 114 valence electrons. The highest BCUT2D eigenvalue weighted by atomic mass is 32.1. The molecule has 6 nitrogen and oxygen atoms in total. The number of thiazole rings is 1. The Labute approximate surface area is 128 Å². The second kappa shape index (κ2) is 7.33. The quantitative estimate of drug-likeness (QED) is 0.802. The monoisotopic (exact) mass is 307 g/mol. The van der Waals surface area contributed by atoms with E-state index < -0.39 is 0 Å². The van der Waals surface area contributed by atoms with Gasteiger partial charge in [-0.3, -0.25) is 9.48 Å². The standard InChI is InChI=1S/C14H21N5OS/c1-4-12-18-11(9-21-12)5-6-16-14(20)13(15-2)10-7-17-19(3)8-10/h7-9,13,15H,4-6H2,1-3H3,(H,16,20). The summed E-state index contributed by atoms with van der Waals surface area (Å²) in [6.45, 7) is 2.68. The van der Waals surface area contributed by atoms with Crippen molar-refractivity contribution in [1.29, 1.82) is 0 Å². The topological polar surface area (TPSA) is 71.8 Å². The summed E-state index contributed by atoms with van der Waals surface area (Å²) >= 11 is 1.67. The molecular weight excluding hydrogens is 286 g/mol. The van der Waals surface area contributed by atoms with Crippen molar-refractivity contribution in [2.24, 2.45) is 7.05 Å². The maximum absolute atomic E-state index is 12.2. The molecule has 0 saturated heterocycles. The molecule has 0 aliphatic rings. The van der Waals surface area contributed by atoms with Crippen LogP contribution in [0.1, 0.15) is 29.2 Å². The lowest BCUT2D eigenvalue weighted by atomic mass is 10.1. The number of hydrogen-bond acceptors (Lipinski definition) is 5. The highest BCUT2D eigenvalue weighted by Crippen LogP contribution is 2.12. The number of nitrogens with one attached hydrogen (secondary N) is 2. The van der Waals surface area contributed by atoms with Crippen molar-refractivity contribution < 1.29 is 4.79 Å². The first-order valence-electron chi connectivity index (χ1n) is 7.00. The molecule has 1 amide bonds. The van der Waals surface area contributed by atoms with Crippen molar-refractivity contribution >= 4 is 17.2 Å². The number of aryl methyl sites for hydroxylation is 2. The van der Waals surface area contributed by atoms with E-state index in [0.29, 0.717) is 6.54 Å². The fraction of sp³-hybridized carbons (Fsp3) is 0.500. The third-order valence-electron chi connectivity index (χ3n) is 3.19. The molecule has 2 aromatic rings. The van der Waals surface area contributed by atoms with E-state index in [1.807, 2.05) is 13.2 Å². The zero-order valence-corrected chi connectivity index (χ0v) is 13.4. The van der Waals surface area contributed by atoms with E-state index in [-0.39, 0.29) is 11.9 Å². The van der Waals surface area contributed by atoms with Gasteiger partial charge in [-0.1, -0.05) is 6.92 Å². The van der Waals surface area contributed by atoms with E-state index in [1.54, 1.807) is 29.3 Å². The van der Waals surface area contributed by atoms with Gasteiger partial charge in [0.1, 0.15) is 6.04 Å². The number of likely N-dealkylation sites (N-methyl/N-ethyl adjacent to an activating group) is 1. The van der Waals surface area contributed by atoms with Gasteiger partial charge in [-0.25, -0.2) is 4.98 Å². The van der Waals surface area contributed by atoms with E-state index >= 15 is 0 Å². The smallest absolute Gasteiger partial charge is 0.241 e. The molecule has 2 rings (SSSR count). The summed E-state index contributed by atoms with van der Waals surface area (Å²) in [7, 11) is 3.60. The normalized spacial score (nSPS) is 12.3. The van der Waals surface area contributed by atoms with Gasteiger partial charge in [-0.05, 0) is 13.5 Å². The van der Waals surface area contributed by atoms with Crippen LogP contribution in [-0.2, 0) is 24.7 Å². The van der Waals surface area contributed by atoms with Crippen LogP contribution in [0.3, 0.4) is 0 Å². The Balaban J connectivity index is 1.85. The maximum Gasteiger partial charge on any atom is 0.241 e. The Morgan fingerprint density at radius 2 is 2.33 bits per heavy atom. The van der Waals surface area contributed by atoms with Crippen LogP contribution in [0.15, 0.2) is 17.8 Å². The van der Waals surface area contributed by atoms with Gasteiger partial charge in [-0.2, -0.15) is 5.10 Å². The van der Waals surface area contributed by atoms with Crippen molar-refractivity contribution in [3.05, 3.63) is 34.0 Å². The van der Waals surface area contributed by atoms with Crippen LogP contribution in [0.4, 0.5) is 0 Å². The molecule has 1 unspecified atom stereocenters. The summed E-state index contributed by atoms with van der Waals surface area (Å²) in [5.41, 5.74) is 1.90. The minimum absolute atomic E-state index is 0.0450. The van der Waals surface area contributed by atoms with Gasteiger partial charge in [0.25, 0.3) is 0 Å².